The molecule has 0 atom stereocenters. The Morgan fingerprint density at radius 2 is 1.84 bits per heavy atom. The average molecular weight is 301 g/mol. The Hall–Kier alpha value is -1.56. The fourth-order valence-corrected chi connectivity index (χ4v) is 2.12. The summed E-state index contributed by atoms with van der Waals surface area (Å²) < 4.78 is 12.9. The Morgan fingerprint density at radius 3 is 2.42 bits per heavy atom. The van der Waals surface area contributed by atoms with Gasteiger partial charge in [-0.3, -0.25) is 0 Å². The fraction of sp³-hybridized carbons (Fsp3) is 0.0833. The van der Waals surface area contributed by atoms with Crippen molar-refractivity contribution < 1.29 is 4.39 Å². The number of halogens is 3. The quantitative estimate of drug-likeness (QED) is 0.672. The van der Waals surface area contributed by atoms with Gasteiger partial charge in [-0.2, -0.15) is 0 Å². The molecule has 1 aromatic heterocycles. The van der Waals surface area contributed by atoms with Crippen molar-refractivity contribution in [3.8, 4) is 0 Å². The zero-order chi connectivity index (χ0) is 14.0. The van der Waals surface area contributed by atoms with Crippen molar-refractivity contribution in [2.75, 3.05) is 17.4 Å². The van der Waals surface area contributed by atoms with E-state index in [9.17, 15) is 4.39 Å². The highest BCUT2D eigenvalue weighted by Gasteiger charge is 2.13. The second-order valence-electron chi connectivity index (χ2n) is 3.80. The SMILES string of the molecule is CN(c1ccc(F)cc1)c1nc(NN)c(Cl)cc1Cl. The lowest BCUT2D eigenvalue weighted by molar-refractivity contribution is 0.628. The number of nitrogen functional groups attached to an aromatic ring is 1. The molecule has 0 saturated carbocycles. The van der Waals surface area contributed by atoms with E-state index in [0.717, 1.165) is 5.69 Å². The molecule has 7 heteroatoms. The molecule has 0 spiro atoms. The van der Waals surface area contributed by atoms with Crippen molar-refractivity contribution >= 4 is 40.5 Å². The molecule has 0 bridgehead atoms. The average Bonchev–Trinajstić information content (AvgIpc) is 2.39. The van der Waals surface area contributed by atoms with E-state index in [1.807, 2.05) is 0 Å². The summed E-state index contributed by atoms with van der Waals surface area (Å²) in [5.74, 6) is 5.79. The monoisotopic (exact) mass is 300 g/mol. The molecule has 0 aliphatic rings. The number of aromatic nitrogens is 1. The second kappa shape index (κ2) is 5.61. The first kappa shape index (κ1) is 13.9. The zero-order valence-corrected chi connectivity index (χ0v) is 11.5. The molecule has 0 radical (unpaired) electrons. The molecule has 2 aromatic rings. The second-order valence-corrected chi connectivity index (χ2v) is 4.62. The number of nitrogens with zero attached hydrogens (tertiary/aromatic N) is 2. The Bertz CT molecular complexity index is 589. The number of hydrazine groups is 1. The van der Waals surface area contributed by atoms with Gasteiger partial charge >= 0.3 is 0 Å². The van der Waals surface area contributed by atoms with Gasteiger partial charge < -0.3 is 10.3 Å². The van der Waals surface area contributed by atoms with Crippen LogP contribution in [0.4, 0.5) is 21.7 Å². The van der Waals surface area contributed by atoms with Crippen LogP contribution >= 0.6 is 23.2 Å². The van der Waals surface area contributed by atoms with Crippen LogP contribution in [0.5, 0.6) is 0 Å². The molecular weight excluding hydrogens is 290 g/mol. The lowest BCUT2D eigenvalue weighted by Crippen LogP contribution is -2.15. The van der Waals surface area contributed by atoms with Gasteiger partial charge in [0.15, 0.2) is 11.6 Å². The van der Waals surface area contributed by atoms with Crippen LogP contribution in [0.25, 0.3) is 0 Å². The molecule has 1 heterocycles. The number of pyridine rings is 1. The Balaban J connectivity index is 2.43. The van der Waals surface area contributed by atoms with Crippen molar-refractivity contribution in [3.63, 3.8) is 0 Å². The van der Waals surface area contributed by atoms with Crippen molar-refractivity contribution in [3.05, 3.63) is 46.2 Å². The van der Waals surface area contributed by atoms with Gasteiger partial charge in [-0.15, -0.1) is 0 Å². The molecule has 2 rings (SSSR count). The first-order valence-corrected chi connectivity index (χ1v) is 6.10. The molecule has 100 valence electrons. The Kier molecular flexibility index (Phi) is 4.09. The minimum absolute atomic E-state index is 0.309. The van der Waals surface area contributed by atoms with E-state index < -0.39 is 0 Å². The topological polar surface area (TPSA) is 54.2 Å². The smallest absolute Gasteiger partial charge is 0.161 e. The van der Waals surface area contributed by atoms with E-state index in [1.165, 1.54) is 12.1 Å². The van der Waals surface area contributed by atoms with Crippen LogP contribution in [-0.4, -0.2) is 12.0 Å². The first-order chi connectivity index (χ1) is 9.02. The molecule has 0 amide bonds. The van der Waals surface area contributed by atoms with Gasteiger partial charge in [0.2, 0.25) is 0 Å². The van der Waals surface area contributed by atoms with Crippen LogP contribution in [0, 0.1) is 5.82 Å². The number of hydrogen-bond donors (Lipinski definition) is 2. The maximum absolute atomic E-state index is 12.9. The van der Waals surface area contributed by atoms with Crippen LogP contribution in [0.15, 0.2) is 30.3 Å². The summed E-state index contributed by atoms with van der Waals surface area (Å²) in [7, 11) is 1.76. The molecule has 3 N–H and O–H groups in total. The van der Waals surface area contributed by atoms with Gasteiger partial charge in [-0.05, 0) is 30.3 Å². The highest BCUT2D eigenvalue weighted by atomic mass is 35.5. The number of benzene rings is 1. The van der Waals surface area contributed by atoms with Crippen molar-refractivity contribution in [2.45, 2.75) is 0 Å². The molecule has 0 saturated heterocycles. The van der Waals surface area contributed by atoms with E-state index >= 15 is 0 Å². The van der Waals surface area contributed by atoms with Crippen LogP contribution in [0.2, 0.25) is 10.0 Å². The Labute approximate surface area is 119 Å². The highest BCUT2D eigenvalue weighted by molar-refractivity contribution is 6.37. The van der Waals surface area contributed by atoms with E-state index in [2.05, 4.69) is 10.4 Å². The summed E-state index contributed by atoms with van der Waals surface area (Å²) in [6.45, 7) is 0. The molecule has 4 nitrogen and oxygen atoms in total. The van der Waals surface area contributed by atoms with E-state index in [0.29, 0.717) is 21.7 Å². The number of rotatable bonds is 3. The Morgan fingerprint density at radius 1 is 1.21 bits per heavy atom. The van der Waals surface area contributed by atoms with E-state index in [-0.39, 0.29) is 5.82 Å². The minimum atomic E-state index is -0.309. The van der Waals surface area contributed by atoms with Crippen molar-refractivity contribution in [2.24, 2.45) is 5.84 Å². The molecule has 19 heavy (non-hydrogen) atoms. The van der Waals surface area contributed by atoms with Gasteiger partial charge in [-0.1, -0.05) is 23.2 Å². The molecule has 1 aromatic carbocycles. The summed E-state index contributed by atoms with van der Waals surface area (Å²) in [5.41, 5.74) is 3.13. The molecular formula is C12H11Cl2FN4. The lowest BCUT2D eigenvalue weighted by atomic mass is 10.3. The van der Waals surface area contributed by atoms with Crippen LogP contribution in [-0.2, 0) is 0 Å². The maximum Gasteiger partial charge on any atom is 0.161 e. The van der Waals surface area contributed by atoms with Crippen molar-refractivity contribution in [1.82, 2.24) is 4.98 Å². The van der Waals surface area contributed by atoms with E-state index in [4.69, 9.17) is 29.0 Å². The predicted octanol–water partition coefficient (Wildman–Crippen LogP) is 3.58. The van der Waals surface area contributed by atoms with Crippen LogP contribution < -0.4 is 16.2 Å². The first-order valence-electron chi connectivity index (χ1n) is 5.35. The number of anilines is 3. The van der Waals surface area contributed by atoms with Crippen LogP contribution in [0.3, 0.4) is 0 Å². The summed E-state index contributed by atoms with van der Waals surface area (Å²) in [6.07, 6.45) is 0. The normalized spacial score (nSPS) is 10.4. The van der Waals surface area contributed by atoms with Gasteiger partial charge in [0.25, 0.3) is 0 Å². The fourth-order valence-electron chi connectivity index (χ4n) is 1.58. The zero-order valence-electron chi connectivity index (χ0n) is 9.99. The highest BCUT2D eigenvalue weighted by Crippen LogP contribution is 2.33. The van der Waals surface area contributed by atoms with Crippen molar-refractivity contribution in [1.29, 1.82) is 0 Å². The maximum atomic E-state index is 12.9. The predicted molar refractivity (Wildman–Crippen MR) is 76.5 cm³/mol. The largest absolute Gasteiger partial charge is 0.328 e. The third-order valence-electron chi connectivity index (χ3n) is 2.58. The number of hydrogen-bond acceptors (Lipinski definition) is 4. The lowest BCUT2D eigenvalue weighted by Gasteiger charge is -2.20. The molecule has 0 aliphatic heterocycles. The third kappa shape index (κ3) is 2.89. The molecule has 0 fully saturated rings. The van der Waals surface area contributed by atoms with Gasteiger partial charge in [0.1, 0.15) is 5.82 Å². The minimum Gasteiger partial charge on any atom is -0.328 e. The molecule has 0 aliphatic carbocycles. The summed E-state index contributed by atoms with van der Waals surface area (Å²) in [4.78, 5) is 5.93. The summed E-state index contributed by atoms with van der Waals surface area (Å²) in [6, 6.07) is 7.51. The van der Waals surface area contributed by atoms with Gasteiger partial charge in [0.05, 0.1) is 10.0 Å². The van der Waals surface area contributed by atoms with Crippen LogP contribution in [0.1, 0.15) is 0 Å². The summed E-state index contributed by atoms with van der Waals surface area (Å²) >= 11 is 12.0. The number of nitrogens with one attached hydrogen (secondary N) is 1. The van der Waals surface area contributed by atoms with Gasteiger partial charge in [-0.25, -0.2) is 15.2 Å². The van der Waals surface area contributed by atoms with E-state index in [1.54, 1.807) is 30.1 Å². The van der Waals surface area contributed by atoms with Gasteiger partial charge in [0, 0.05) is 12.7 Å². The standard InChI is InChI=1S/C12H11Cl2FN4/c1-19(8-4-2-7(15)3-5-8)12-10(14)6-9(13)11(17-12)18-16/h2-6H,16H2,1H3,(H,17,18). The summed E-state index contributed by atoms with van der Waals surface area (Å²) in [5, 5.41) is 0.694. The third-order valence-corrected chi connectivity index (χ3v) is 3.15. The number of nitrogens with two attached hydrogens (primary N) is 1. The molecule has 0 unspecified atom stereocenters.